The largest absolute Gasteiger partial charge is 0.380 e. The Balaban J connectivity index is 1.81. The number of Topliss-reactive ketones (excluding diaryl/α,β-unsaturated/α-hetero) is 1. The van der Waals surface area contributed by atoms with Gasteiger partial charge >= 0.3 is 0 Å². The van der Waals surface area contributed by atoms with Crippen molar-refractivity contribution in [1.82, 2.24) is 0 Å². The minimum absolute atomic E-state index is 0.00178. The SMILES string of the molecule is CC(=O)c1ccc(Br)c(NCc2ccc(Sc3ccc(Cl)c(Cl)c3)c([N+](=O)[O-])c2)c1. The molecule has 0 unspecified atom stereocenters. The van der Waals surface area contributed by atoms with E-state index in [-0.39, 0.29) is 11.5 Å². The molecular formula is C21H15BrCl2N2O3S. The van der Waals surface area contributed by atoms with E-state index in [9.17, 15) is 14.9 Å². The predicted octanol–water partition coefficient (Wildman–Crippen LogP) is 7.63. The van der Waals surface area contributed by atoms with Gasteiger partial charge in [0.1, 0.15) is 0 Å². The van der Waals surface area contributed by atoms with Gasteiger partial charge in [-0.05, 0) is 64.8 Å². The Hall–Kier alpha value is -2.06. The minimum Gasteiger partial charge on any atom is -0.380 e. The van der Waals surface area contributed by atoms with Gasteiger partial charge in [0.05, 0.1) is 19.9 Å². The standard InChI is InChI=1S/C21H15BrCl2N2O3S/c1-12(27)14-3-5-16(22)19(9-14)25-11-13-2-7-21(20(8-13)26(28)29)30-15-4-6-17(23)18(24)10-15/h2-10,25H,11H2,1H3. The molecule has 0 saturated carbocycles. The molecule has 3 aromatic rings. The van der Waals surface area contributed by atoms with Crippen molar-refractivity contribution in [3.05, 3.63) is 90.4 Å². The van der Waals surface area contributed by atoms with Crippen molar-refractivity contribution < 1.29 is 9.72 Å². The molecule has 0 fully saturated rings. The van der Waals surface area contributed by atoms with Crippen molar-refractivity contribution in [2.75, 3.05) is 5.32 Å². The van der Waals surface area contributed by atoms with Gasteiger partial charge in [0.15, 0.2) is 5.78 Å². The molecular weight excluding hydrogens is 511 g/mol. The van der Waals surface area contributed by atoms with Gasteiger partial charge in [0, 0.05) is 33.2 Å². The lowest BCUT2D eigenvalue weighted by Gasteiger charge is -2.11. The highest BCUT2D eigenvalue weighted by molar-refractivity contribution is 9.10. The van der Waals surface area contributed by atoms with Crippen molar-refractivity contribution in [2.45, 2.75) is 23.3 Å². The Bertz CT molecular complexity index is 1140. The van der Waals surface area contributed by atoms with E-state index in [0.717, 1.165) is 20.6 Å². The lowest BCUT2D eigenvalue weighted by molar-refractivity contribution is -0.387. The first kappa shape index (κ1) is 22.6. The quantitative estimate of drug-likeness (QED) is 0.195. The van der Waals surface area contributed by atoms with Gasteiger partial charge in [-0.2, -0.15) is 0 Å². The van der Waals surface area contributed by atoms with E-state index in [1.54, 1.807) is 42.5 Å². The second-order valence-electron chi connectivity index (χ2n) is 6.34. The molecule has 1 N–H and O–H groups in total. The predicted molar refractivity (Wildman–Crippen MR) is 125 cm³/mol. The third-order valence-electron chi connectivity index (χ3n) is 4.19. The van der Waals surface area contributed by atoms with E-state index in [1.165, 1.54) is 24.8 Å². The summed E-state index contributed by atoms with van der Waals surface area (Å²) in [6.07, 6.45) is 0. The summed E-state index contributed by atoms with van der Waals surface area (Å²) in [5, 5.41) is 15.6. The van der Waals surface area contributed by atoms with Crippen molar-refractivity contribution in [3.63, 3.8) is 0 Å². The summed E-state index contributed by atoms with van der Waals surface area (Å²) in [5.41, 5.74) is 2.06. The van der Waals surface area contributed by atoms with Gasteiger partial charge in [0.25, 0.3) is 5.69 Å². The number of nitro groups is 1. The van der Waals surface area contributed by atoms with Crippen LogP contribution < -0.4 is 5.32 Å². The zero-order valence-electron chi connectivity index (χ0n) is 15.6. The number of nitro benzene ring substituents is 1. The van der Waals surface area contributed by atoms with E-state index in [2.05, 4.69) is 21.2 Å². The molecule has 0 aromatic heterocycles. The Labute approximate surface area is 196 Å². The smallest absolute Gasteiger partial charge is 0.283 e. The van der Waals surface area contributed by atoms with Gasteiger partial charge in [0.2, 0.25) is 0 Å². The fourth-order valence-electron chi connectivity index (χ4n) is 2.65. The third kappa shape index (κ3) is 5.55. The second-order valence-corrected chi connectivity index (χ2v) is 9.13. The zero-order chi connectivity index (χ0) is 21.8. The maximum Gasteiger partial charge on any atom is 0.283 e. The van der Waals surface area contributed by atoms with Gasteiger partial charge in [-0.3, -0.25) is 14.9 Å². The molecule has 0 heterocycles. The van der Waals surface area contributed by atoms with Gasteiger partial charge < -0.3 is 5.32 Å². The topological polar surface area (TPSA) is 72.2 Å². The molecule has 0 saturated heterocycles. The number of anilines is 1. The van der Waals surface area contributed by atoms with Crippen LogP contribution in [0.4, 0.5) is 11.4 Å². The van der Waals surface area contributed by atoms with Gasteiger partial charge in [-0.25, -0.2) is 0 Å². The molecule has 0 spiro atoms. The van der Waals surface area contributed by atoms with Crippen molar-refractivity contribution in [1.29, 1.82) is 0 Å². The van der Waals surface area contributed by atoms with Crippen LogP contribution in [0, 0.1) is 10.1 Å². The van der Waals surface area contributed by atoms with Crippen molar-refractivity contribution in [2.24, 2.45) is 0 Å². The third-order valence-corrected chi connectivity index (χ3v) is 6.68. The van der Waals surface area contributed by atoms with Crippen LogP contribution in [0.25, 0.3) is 0 Å². The Morgan fingerprint density at radius 2 is 1.87 bits per heavy atom. The fraction of sp³-hybridized carbons (Fsp3) is 0.0952. The van der Waals surface area contributed by atoms with Crippen molar-refractivity contribution >= 4 is 68.1 Å². The Morgan fingerprint density at radius 1 is 1.10 bits per heavy atom. The first-order valence-corrected chi connectivity index (χ1v) is 11.1. The summed E-state index contributed by atoms with van der Waals surface area (Å²) in [7, 11) is 0. The first-order valence-electron chi connectivity index (χ1n) is 8.69. The van der Waals surface area contributed by atoms with Crippen LogP contribution in [0.15, 0.2) is 68.9 Å². The molecule has 9 heteroatoms. The van der Waals surface area contributed by atoms with Crippen molar-refractivity contribution in [3.8, 4) is 0 Å². The summed E-state index contributed by atoms with van der Waals surface area (Å²) in [4.78, 5) is 24.1. The molecule has 3 aromatic carbocycles. The molecule has 0 bridgehead atoms. The van der Waals surface area contributed by atoms with Crippen LogP contribution in [0.3, 0.4) is 0 Å². The molecule has 30 heavy (non-hydrogen) atoms. The summed E-state index contributed by atoms with van der Waals surface area (Å²) in [6.45, 7) is 1.86. The van der Waals surface area contributed by atoms with Crippen LogP contribution in [-0.2, 0) is 6.54 Å². The number of hydrogen-bond acceptors (Lipinski definition) is 5. The average molecular weight is 526 g/mol. The van der Waals surface area contributed by atoms with Crippen LogP contribution in [0.2, 0.25) is 10.0 Å². The van der Waals surface area contributed by atoms with E-state index >= 15 is 0 Å². The van der Waals surface area contributed by atoms with Gasteiger partial charge in [-0.15, -0.1) is 0 Å². The van der Waals surface area contributed by atoms with E-state index in [0.29, 0.717) is 27.0 Å². The molecule has 154 valence electrons. The lowest BCUT2D eigenvalue weighted by Crippen LogP contribution is -2.03. The number of nitrogens with zero attached hydrogens (tertiary/aromatic N) is 1. The highest BCUT2D eigenvalue weighted by atomic mass is 79.9. The van der Waals surface area contributed by atoms with Crippen LogP contribution in [0.1, 0.15) is 22.8 Å². The van der Waals surface area contributed by atoms with Crippen LogP contribution in [0.5, 0.6) is 0 Å². The molecule has 0 aliphatic carbocycles. The van der Waals surface area contributed by atoms with E-state index < -0.39 is 4.92 Å². The first-order chi connectivity index (χ1) is 14.2. The summed E-state index contributed by atoms with van der Waals surface area (Å²) in [5.74, 6) is -0.0372. The van der Waals surface area contributed by atoms with Crippen LogP contribution >= 0.6 is 50.9 Å². The van der Waals surface area contributed by atoms with E-state index in [1.807, 2.05) is 6.07 Å². The minimum atomic E-state index is -0.407. The molecule has 0 aliphatic heterocycles. The van der Waals surface area contributed by atoms with Crippen LogP contribution in [-0.4, -0.2) is 10.7 Å². The monoisotopic (exact) mass is 524 g/mol. The number of nitrogens with one attached hydrogen (secondary N) is 1. The zero-order valence-corrected chi connectivity index (χ0v) is 19.5. The normalized spacial score (nSPS) is 10.7. The molecule has 3 rings (SSSR count). The summed E-state index contributed by atoms with van der Waals surface area (Å²) in [6, 6.07) is 15.4. The highest BCUT2D eigenvalue weighted by Crippen LogP contribution is 2.37. The Kier molecular flexibility index (Phi) is 7.41. The van der Waals surface area contributed by atoms with E-state index in [4.69, 9.17) is 23.2 Å². The summed E-state index contributed by atoms with van der Waals surface area (Å²) >= 11 is 16.7. The summed E-state index contributed by atoms with van der Waals surface area (Å²) < 4.78 is 0.800. The number of carbonyl (C=O) groups excluding carboxylic acids is 1. The number of hydrogen-bond donors (Lipinski definition) is 1. The second kappa shape index (κ2) is 9.83. The molecule has 0 atom stereocenters. The highest BCUT2D eigenvalue weighted by Gasteiger charge is 2.16. The number of ketones is 1. The molecule has 5 nitrogen and oxygen atoms in total. The fourth-order valence-corrected chi connectivity index (χ4v) is 4.34. The molecule has 0 amide bonds. The lowest BCUT2D eigenvalue weighted by atomic mass is 10.1. The van der Waals surface area contributed by atoms with Gasteiger partial charge in [-0.1, -0.05) is 47.1 Å². The Morgan fingerprint density at radius 3 is 2.53 bits per heavy atom. The maximum absolute atomic E-state index is 11.6. The molecule has 0 aliphatic rings. The number of benzene rings is 3. The molecule has 0 radical (unpaired) electrons. The number of rotatable bonds is 7. The number of carbonyl (C=O) groups is 1. The number of halogens is 3. The average Bonchev–Trinajstić information content (AvgIpc) is 2.70. The maximum atomic E-state index is 11.6.